The highest BCUT2D eigenvalue weighted by atomic mass is 35.5. The van der Waals surface area contributed by atoms with Gasteiger partial charge < -0.3 is 0 Å². The van der Waals surface area contributed by atoms with E-state index in [0.717, 1.165) is 11.3 Å². The first-order valence-corrected chi connectivity index (χ1v) is 6.83. The molecule has 2 aromatic carbocycles. The molecule has 0 radical (unpaired) electrons. The van der Waals surface area contributed by atoms with Crippen molar-refractivity contribution >= 4 is 23.4 Å². The second kappa shape index (κ2) is 6.08. The smallest absolute Gasteiger partial charge is 0.137 e. The summed E-state index contributed by atoms with van der Waals surface area (Å²) in [5.41, 5.74) is 2.04. The van der Waals surface area contributed by atoms with E-state index in [1.54, 1.807) is 6.07 Å². The van der Waals surface area contributed by atoms with Crippen LogP contribution < -0.4 is 0 Å². The molecule has 2 rings (SSSR count). The molecule has 0 spiro atoms. The average Bonchev–Trinajstić information content (AvgIpc) is 2.38. The van der Waals surface area contributed by atoms with Gasteiger partial charge in [-0.05, 0) is 17.2 Å². The summed E-state index contributed by atoms with van der Waals surface area (Å²) in [5, 5.41) is 0. The molecule has 0 saturated carbocycles. The second-order valence-corrected chi connectivity index (χ2v) is 4.89. The van der Waals surface area contributed by atoms with E-state index in [9.17, 15) is 4.39 Å². The molecule has 0 amide bonds. The van der Waals surface area contributed by atoms with E-state index in [-0.39, 0.29) is 5.82 Å². The van der Waals surface area contributed by atoms with Crippen LogP contribution in [0.4, 0.5) is 4.39 Å². The third kappa shape index (κ3) is 3.24. The number of thioether (sulfide) groups is 1. The van der Waals surface area contributed by atoms with Gasteiger partial charge in [0.2, 0.25) is 0 Å². The molecule has 17 heavy (non-hydrogen) atoms. The van der Waals surface area contributed by atoms with E-state index in [2.05, 4.69) is 0 Å². The predicted octanol–water partition coefficient (Wildman–Crippen LogP) is 4.86. The van der Waals surface area contributed by atoms with Crippen molar-refractivity contribution in [2.24, 2.45) is 0 Å². The topological polar surface area (TPSA) is 0 Å². The molecule has 0 aliphatic carbocycles. The highest BCUT2D eigenvalue weighted by Crippen LogP contribution is 2.29. The van der Waals surface area contributed by atoms with Crippen molar-refractivity contribution < 1.29 is 4.39 Å². The number of rotatable bonds is 4. The minimum Gasteiger partial charge on any atom is -0.206 e. The summed E-state index contributed by atoms with van der Waals surface area (Å²) in [6.07, 6.45) is 0. The monoisotopic (exact) mass is 266 g/mol. The third-order valence-electron chi connectivity index (χ3n) is 2.42. The number of halogens is 2. The van der Waals surface area contributed by atoms with Crippen LogP contribution in [0.3, 0.4) is 0 Å². The summed E-state index contributed by atoms with van der Waals surface area (Å²) in [5.74, 6) is 0.907. The van der Waals surface area contributed by atoms with Gasteiger partial charge in [0.05, 0.1) is 0 Å². The Kier molecular flexibility index (Phi) is 4.46. The molecular weight excluding hydrogens is 255 g/mol. The van der Waals surface area contributed by atoms with Gasteiger partial charge in [0.15, 0.2) is 0 Å². The Hall–Kier alpha value is -0.990. The molecule has 0 aliphatic heterocycles. The summed E-state index contributed by atoms with van der Waals surface area (Å²) in [6, 6.07) is 15.1. The molecular formula is C14H12ClFS. The van der Waals surface area contributed by atoms with Gasteiger partial charge in [-0.2, -0.15) is 0 Å². The minimum absolute atomic E-state index is 0.191. The summed E-state index contributed by atoms with van der Waals surface area (Å²) in [4.78, 5) is 0.659. The Morgan fingerprint density at radius 3 is 2.47 bits per heavy atom. The molecule has 0 heterocycles. The molecule has 0 aromatic heterocycles. The van der Waals surface area contributed by atoms with E-state index < -0.39 is 0 Å². The molecule has 0 fully saturated rings. The van der Waals surface area contributed by atoms with Crippen LogP contribution in [0.1, 0.15) is 11.1 Å². The van der Waals surface area contributed by atoms with Crippen molar-refractivity contribution in [1.82, 2.24) is 0 Å². The number of benzene rings is 2. The van der Waals surface area contributed by atoms with Crippen molar-refractivity contribution in [3.8, 4) is 0 Å². The molecule has 3 heteroatoms. The van der Waals surface area contributed by atoms with E-state index in [1.807, 2.05) is 36.4 Å². The maximum atomic E-state index is 13.7. The molecule has 0 nitrogen and oxygen atoms in total. The maximum absolute atomic E-state index is 13.7. The lowest BCUT2D eigenvalue weighted by atomic mass is 10.2. The van der Waals surface area contributed by atoms with Crippen molar-refractivity contribution in [2.75, 3.05) is 0 Å². The average molecular weight is 267 g/mol. The van der Waals surface area contributed by atoms with Gasteiger partial charge >= 0.3 is 0 Å². The predicted molar refractivity (Wildman–Crippen MR) is 72.0 cm³/mol. The van der Waals surface area contributed by atoms with Crippen molar-refractivity contribution in [3.05, 3.63) is 65.5 Å². The number of hydrogen-bond donors (Lipinski definition) is 0. The van der Waals surface area contributed by atoms with Gasteiger partial charge in [-0.3, -0.25) is 0 Å². The lowest BCUT2D eigenvalue weighted by Crippen LogP contribution is -1.89. The van der Waals surface area contributed by atoms with Crippen LogP contribution in [0.5, 0.6) is 0 Å². The highest BCUT2D eigenvalue weighted by molar-refractivity contribution is 7.98. The summed E-state index contributed by atoms with van der Waals surface area (Å²) in [7, 11) is 0. The van der Waals surface area contributed by atoms with Gasteiger partial charge in [-0.15, -0.1) is 23.4 Å². The number of hydrogen-bond acceptors (Lipinski definition) is 1. The van der Waals surface area contributed by atoms with Gasteiger partial charge in [-0.1, -0.05) is 42.5 Å². The minimum atomic E-state index is -0.191. The van der Waals surface area contributed by atoms with Crippen LogP contribution >= 0.6 is 23.4 Å². The second-order valence-electron chi connectivity index (χ2n) is 3.64. The van der Waals surface area contributed by atoms with Gasteiger partial charge in [0, 0.05) is 16.5 Å². The highest BCUT2D eigenvalue weighted by Gasteiger charge is 2.08. The quantitative estimate of drug-likeness (QED) is 0.563. The first-order valence-electron chi connectivity index (χ1n) is 5.31. The molecule has 88 valence electrons. The third-order valence-corrected chi connectivity index (χ3v) is 3.93. The Labute approximate surface area is 110 Å². The van der Waals surface area contributed by atoms with Crippen molar-refractivity contribution in [3.63, 3.8) is 0 Å². The van der Waals surface area contributed by atoms with E-state index in [4.69, 9.17) is 11.6 Å². The van der Waals surface area contributed by atoms with Crippen LogP contribution in [0.15, 0.2) is 53.4 Å². The van der Waals surface area contributed by atoms with Gasteiger partial charge in [-0.25, -0.2) is 4.39 Å². The van der Waals surface area contributed by atoms with E-state index in [1.165, 1.54) is 23.4 Å². The fraction of sp³-hybridized carbons (Fsp3) is 0.143. The fourth-order valence-corrected chi connectivity index (χ4v) is 2.89. The summed E-state index contributed by atoms with van der Waals surface area (Å²) in [6.45, 7) is 0. The van der Waals surface area contributed by atoms with Crippen LogP contribution in [-0.2, 0) is 11.6 Å². The zero-order chi connectivity index (χ0) is 12.1. The normalized spacial score (nSPS) is 10.5. The van der Waals surface area contributed by atoms with Gasteiger partial charge in [0.1, 0.15) is 5.82 Å². The van der Waals surface area contributed by atoms with Crippen LogP contribution in [0.2, 0.25) is 0 Å². The Morgan fingerprint density at radius 1 is 1.00 bits per heavy atom. The van der Waals surface area contributed by atoms with E-state index >= 15 is 0 Å². The van der Waals surface area contributed by atoms with Crippen LogP contribution in [0, 0.1) is 5.82 Å². The molecule has 0 saturated heterocycles. The molecule has 0 unspecified atom stereocenters. The zero-order valence-corrected chi connectivity index (χ0v) is 10.8. The maximum Gasteiger partial charge on any atom is 0.137 e. The standard InChI is InChI=1S/C14H12ClFS/c15-9-12-7-4-8-13(16)14(12)17-10-11-5-2-1-3-6-11/h1-8H,9-10H2. The largest absolute Gasteiger partial charge is 0.206 e. The molecule has 0 bridgehead atoms. The summed E-state index contributed by atoms with van der Waals surface area (Å²) >= 11 is 7.30. The Bertz CT molecular complexity index is 485. The number of alkyl halides is 1. The lowest BCUT2D eigenvalue weighted by Gasteiger charge is -2.07. The SMILES string of the molecule is Fc1cccc(CCl)c1SCc1ccccc1. The Morgan fingerprint density at radius 2 is 1.76 bits per heavy atom. The zero-order valence-electron chi connectivity index (χ0n) is 9.20. The van der Waals surface area contributed by atoms with Crippen LogP contribution in [0.25, 0.3) is 0 Å². The molecule has 0 atom stereocenters. The van der Waals surface area contributed by atoms with Crippen molar-refractivity contribution in [2.45, 2.75) is 16.5 Å². The van der Waals surface area contributed by atoms with Crippen molar-refractivity contribution in [1.29, 1.82) is 0 Å². The van der Waals surface area contributed by atoms with E-state index in [0.29, 0.717) is 10.8 Å². The lowest BCUT2D eigenvalue weighted by molar-refractivity contribution is 0.599. The van der Waals surface area contributed by atoms with Gasteiger partial charge in [0.25, 0.3) is 0 Å². The molecule has 0 N–H and O–H groups in total. The first kappa shape index (κ1) is 12.5. The fourth-order valence-electron chi connectivity index (χ4n) is 1.55. The Balaban J connectivity index is 2.14. The van der Waals surface area contributed by atoms with Crippen LogP contribution in [-0.4, -0.2) is 0 Å². The molecule has 0 aliphatic rings. The molecule has 2 aromatic rings. The summed E-state index contributed by atoms with van der Waals surface area (Å²) < 4.78 is 13.7. The first-order chi connectivity index (χ1) is 8.31.